The van der Waals surface area contributed by atoms with E-state index in [1.807, 2.05) is 49.5 Å². The lowest BCUT2D eigenvalue weighted by molar-refractivity contribution is 0.336. The summed E-state index contributed by atoms with van der Waals surface area (Å²) in [6, 6.07) is 11.4. The van der Waals surface area contributed by atoms with Gasteiger partial charge >= 0.3 is 0 Å². The van der Waals surface area contributed by atoms with Gasteiger partial charge in [-0.05, 0) is 25.1 Å². The molecule has 0 aliphatic carbocycles. The molecule has 0 unspecified atom stereocenters. The first kappa shape index (κ1) is 13.2. The van der Waals surface area contributed by atoms with E-state index in [1.54, 1.807) is 17.1 Å². The molecule has 0 spiro atoms. The molecule has 5 heteroatoms. The largest absolute Gasteiger partial charge is 0.490 e. The second-order valence-corrected chi connectivity index (χ2v) is 4.52. The molecule has 1 aromatic carbocycles. The number of benzene rings is 1. The van der Waals surface area contributed by atoms with E-state index in [0.717, 1.165) is 16.8 Å². The van der Waals surface area contributed by atoms with E-state index in [9.17, 15) is 0 Å². The molecule has 0 fully saturated rings. The average molecular weight is 280 g/mol. The van der Waals surface area contributed by atoms with Crippen molar-refractivity contribution in [1.29, 1.82) is 0 Å². The number of nitrogens with two attached hydrogens (primary N) is 1. The highest BCUT2D eigenvalue weighted by Crippen LogP contribution is 2.27. The smallest absolute Gasteiger partial charge is 0.196 e. The van der Waals surface area contributed by atoms with E-state index in [1.165, 1.54) is 0 Å². The van der Waals surface area contributed by atoms with Gasteiger partial charge in [0.2, 0.25) is 0 Å². The molecule has 0 atom stereocenters. The van der Waals surface area contributed by atoms with Crippen LogP contribution in [0.5, 0.6) is 5.75 Å². The van der Waals surface area contributed by atoms with Gasteiger partial charge in [-0.1, -0.05) is 18.2 Å². The molecule has 0 aliphatic rings. The lowest BCUT2D eigenvalue weighted by Crippen LogP contribution is -2.02. The van der Waals surface area contributed by atoms with Gasteiger partial charge in [-0.15, -0.1) is 0 Å². The zero-order valence-corrected chi connectivity index (χ0v) is 11.7. The summed E-state index contributed by atoms with van der Waals surface area (Å²) in [4.78, 5) is 4.34. The molecule has 5 nitrogen and oxygen atoms in total. The van der Waals surface area contributed by atoms with Crippen molar-refractivity contribution in [2.45, 2.75) is 6.92 Å². The van der Waals surface area contributed by atoms with Gasteiger partial charge in [-0.25, -0.2) is 9.67 Å². The maximum Gasteiger partial charge on any atom is 0.196 e. The highest BCUT2D eigenvalue weighted by molar-refractivity contribution is 5.75. The molecule has 0 saturated carbocycles. The second kappa shape index (κ2) is 5.66. The number of hydrogen-bond acceptors (Lipinski definition) is 4. The number of para-hydroxylation sites is 1. The van der Waals surface area contributed by atoms with Crippen molar-refractivity contribution in [2.24, 2.45) is 0 Å². The summed E-state index contributed by atoms with van der Waals surface area (Å²) in [6.07, 6.45) is 5.39. The molecule has 0 radical (unpaired) electrons. The number of rotatable bonds is 4. The molecule has 3 rings (SSSR count). The van der Waals surface area contributed by atoms with E-state index in [-0.39, 0.29) is 0 Å². The summed E-state index contributed by atoms with van der Waals surface area (Å²) in [5.74, 6) is 1.37. The summed E-state index contributed by atoms with van der Waals surface area (Å²) in [7, 11) is 0. The molecule has 2 N–H and O–H groups in total. The fraction of sp³-hybridized carbons (Fsp3) is 0.125. The molecule has 0 saturated heterocycles. The third kappa shape index (κ3) is 2.58. The molecule has 2 heterocycles. The van der Waals surface area contributed by atoms with Crippen molar-refractivity contribution in [3.8, 4) is 22.7 Å². The third-order valence-electron chi connectivity index (χ3n) is 3.12. The third-order valence-corrected chi connectivity index (χ3v) is 3.12. The molecule has 0 amide bonds. The van der Waals surface area contributed by atoms with Gasteiger partial charge in [-0.2, -0.15) is 5.10 Å². The second-order valence-electron chi connectivity index (χ2n) is 4.52. The summed E-state index contributed by atoms with van der Waals surface area (Å²) >= 11 is 0. The maximum absolute atomic E-state index is 6.00. The van der Waals surface area contributed by atoms with Crippen LogP contribution in [0.4, 0.5) is 5.69 Å². The quantitative estimate of drug-likeness (QED) is 0.746. The zero-order valence-electron chi connectivity index (χ0n) is 11.7. The Hall–Kier alpha value is -2.82. The highest BCUT2D eigenvalue weighted by Gasteiger charge is 2.10. The van der Waals surface area contributed by atoms with Crippen molar-refractivity contribution in [3.05, 3.63) is 55.0 Å². The number of pyridine rings is 1. The van der Waals surface area contributed by atoms with Crippen LogP contribution in [-0.2, 0) is 0 Å². The minimum Gasteiger partial charge on any atom is -0.490 e. The van der Waals surface area contributed by atoms with Gasteiger partial charge in [-0.3, -0.25) is 0 Å². The Morgan fingerprint density at radius 1 is 1.19 bits per heavy atom. The lowest BCUT2D eigenvalue weighted by Gasteiger charge is -2.08. The summed E-state index contributed by atoms with van der Waals surface area (Å²) in [5.41, 5.74) is 8.63. The van der Waals surface area contributed by atoms with E-state index in [4.69, 9.17) is 10.5 Å². The number of ether oxygens (including phenoxy) is 1. The Balaban J connectivity index is 2.01. The van der Waals surface area contributed by atoms with Crippen LogP contribution in [0.25, 0.3) is 16.9 Å². The van der Waals surface area contributed by atoms with Gasteiger partial charge in [0.25, 0.3) is 0 Å². The molecule has 2 aromatic heterocycles. The Morgan fingerprint density at radius 2 is 2.05 bits per heavy atom. The number of nitrogens with zero attached hydrogens (tertiary/aromatic N) is 3. The maximum atomic E-state index is 6.00. The van der Waals surface area contributed by atoms with E-state index < -0.39 is 0 Å². The first-order chi connectivity index (χ1) is 10.3. The lowest BCUT2D eigenvalue weighted by atomic mass is 10.1. The molecule has 21 heavy (non-hydrogen) atoms. The SMILES string of the molecule is CCOc1cccnc1-n1cc(-c2ccccc2N)cn1. The molecule has 0 bridgehead atoms. The topological polar surface area (TPSA) is 66.0 Å². The Bertz CT molecular complexity index is 751. The van der Waals surface area contributed by atoms with Crippen molar-refractivity contribution in [3.63, 3.8) is 0 Å². The number of aromatic nitrogens is 3. The Labute approximate surface area is 123 Å². The highest BCUT2D eigenvalue weighted by atomic mass is 16.5. The summed E-state index contributed by atoms with van der Waals surface area (Å²) in [6.45, 7) is 2.52. The van der Waals surface area contributed by atoms with Gasteiger partial charge in [0.05, 0.1) is 12.8 Å². The first-order valence-electron chi connectivity index (χ1n) is 6.77. The molecular weight excluding hydrogens is 264 g/mol. The van der Waals surface area contributed by atoms with Crippen LogP contribution in [0.15, 0.2) is 55.0 Å². The normalized spacial score (nSPS) is 10.5. The van der Waals surface area contributed by atoms with Crippen molar-refractivity contribution in [2.75, 3.05) is 12.3 Å². The van der Waals surface area contributed by atoms with Gasteiger partial charge in [0.1, 0.15) is 0 Å². The fourth-order valence-corrected chi connectivity index (χ4v) is 2.16. The van der Waals surface area contributed by atoms with Crippen molar-refractivity contribution < 1.29 is 4.74 Å². The molecule has 106 valence electrons. The minimum absolute atomic E-state index is 0.582. The van der Waals surface area contributed by atoms with Gasteiger partial charge < -0.3 is 10.5 Å². The van der Waals surface area contributed by atoms with Crippen molar-refractivity contribution in [1.82, 2.24) is 14.8 Å². The molecule has 3 aromatic rings. The van der Waals surface area contributed by atoms with Crippen LogP contribution in [0.1, 0.15) is 6.92 Å². The van der Waals surface area contributed by atoms with Crippen molar-refractivity contribution >= 4 is 5.69 Å². The summed E-state index contributed by atoms with van der Waals surface area (Å²) in [5, 5.41) is 4.37. The van der Waals surface area contributed by atoms with Crippen LogP contribution >= 0.6 is 0 Å². The standard InChI is InChI=1S/C16H16N4O/c1-2-21-15-8-5-9-18-16(15)20-11-12(10-19-20)13-6-3-4-7-14(13)17/h3-11H,2,17H2,1H3. The predicted octanol–water partition coefficient (Wildman–Crippen LogP) is 2.92. The number of anilines is 1. The van der Waals surface area contributed by atoms with Crippen LogP contribution in [0.3, 0.4) is 0 Å². The van der Waals surface area contributed by atoms with Gasteiger partial charge in [0, 0.05) is 29.2 Å². The Kier molecular flexibility index (Phi) is 3.55. The minimum atomic E-state index is 0.582. The first-order valence-corrected chi connectivity index (χ1v) is 6.77. The number of nitrogen functional groups attached to an aromatic ring is 1. The fourth-order valence-electron chi connectivity index (χ4n) is 2.16. The van der Waals surface area contributed by atoms with E-state index in [0.29, 0.717) is 18.2 Å². The molecular formula is C16H16N4O. The summed E-state index contributed by atoms with van der Waals surface area (Å²) < 4.78 is 7.28. The molecule has 0 aliphatic heterocycles. The Morgan fingerprint density at radius 3 is 2.86 bits per heavy atom. The average Bonchev–Trinajstić information content (AvgIpc) is 2.98. The van der Waals surface area contributed by atoms with Crippen LogP contribution in [0.2, 0.25) is 0 Å². The zero-order chi connectivity index (χ0) is 14.7. The van der Waals surface area contributed by atoms with Crippen LogP contribution in [-0.4, -0.2) is 21.4 Å². The van der Waals surface area contributed by atoms with E-state index in [2.05, 4.69) is 10.1 Å². The van der Waals surface area contributed by atoms with Crippen LogP contribution in [0, 0.1) is 0 Å². The van der Waals surface area contributed by atoms with Gasteiger partial charge in [0.15, 0.2) is 11.6 Å². The predicted molar refractivity (Wildman–Crippen MR) is 82.4 cm³/mol. The monoisotopic (exact) mass is 280 g/mol. The number of hydrogen-bond donors (Lipinski definition) is 1. The van der Waals surface area contributed by atoms with E-state index >= 15 is 0 Å². The van der Waals surface area contributed by atoms with Crippen LogP contribution < -0.4 is 10.5 Å².